The Morgan fingerprint density at radius 2 is 1.67 bits per heavy atom. The number of non-ortho nitro benzene ring substituents is 1. The van der Waals surface area contributed by atoms with Gasteiger partial charge in [-0.2, -0.15) is 8.42 Å². The molecule has 9 nitrogen and oxygen atoms in total. The molecule has 0 spiro atoms. The Morgan fingerprint density at radius 1 is 1.00 bits per heavy atom. The van der Waals surface area contributed by atoms with Crippen molar-refractivity contribution < 1.29 is 27.1 Å². The van der Waals surface area contributed by atoms with Crippen molar-refractivity contribution >= 4 is 68.0 Å². The first-order valence-corrected chi connectivity index (χ1v) is 13.0. The Bertz CT molecular complexity index is 1520. The fraction of sp³-hybridized carbons (Fsp3) is 0.0435. The van der Waals surface area contributed by atoms with Crippen LogP contribution in [0, 0.1) is 10.1 Å². The zero-order valence-electron chi connectivity index (χ0n) is 18.0. The average Bonchev–Trinajstić information content (AvgIpc) is 3.08. The van der Waals surface area contributed by atoms with E-state index in [4.69, 9.17) is 27.4 Å². The molecule has 184 valence electrons. The molecule has 0 atom stereocenters. The zero-order valence-corrected chi connectivity index (χ0v) is 21.1. The predicted molar refractivity (Wildman–Crippen MR) is 135 cm³/mol. The molecule has 0 bridgehead atoms. The van der Waals surface area contributed by atoms with E-state index >= 15 is 0 Å². The average molecular weight is 565 g/mol. The minimum atomic E-state index is -4.37. The van der Waals surface area contributed by atoms with Gasteiger partial charge in [0.1, 0.15) is 10.6 Å². The topological polar surface area (TPSA) is 124 Å². The summed E-state index contributed by atoms with van der Waals surface area (Å²) in [6.45, 7) is -0.106. The van der Waals surface area contributed by atoms with Crippen LogP contribution in [0.25, 0.3) is 6.08 Å². The maximum absolute atomic E-state index is 12.9. The SMILES string of the molecule is O=C1S/C(=C\c2cccc(OS(=O)(=O)c3cccc([N+](=O)[O-])c3)c2)C(=O)N1Cc1c(Cl)cccc1Cl. The smallest absolute Gasteiger partial charge is 0.339 e. The summed E-state index contributed by atoms with van der Waals surface area (Å²) < 4.78 is 30.3. The van der Waals surface area contributed by atoms with Gasteiger partial charge in [0, 0.05) is 27.7 Å². The van der Waals surface area contributed by atoms with E-state index in [9.17, 15) is 28.1 Å². The number of nitro benzene ring substituents is 1. The number of rotatable bonds is 7. The summed E-state index contributed by atoms with van der Waals surface area (Å²) in [5.74, 6) is -0.645. The van der Waals surface area contributed by atoms with Crippen molar-refractivity contribution in [3.8, 4) is 5.75 Å². The number of hydrogen-bond acceptors (Lipinski definition) is 8. The maximum Gasteiger partial charge on any atom is 0.339 e. The number of nitro groups is 1. The van der Waals surface area contributed by atoms with E-state index in [1.54, 1.807) is 24.3 Å². The van der Waals surface area contributed by atoms with Crippen LogP contribution in [0.5, 0.6) is 5.75 Å². The molecule has 0 saturated carbocycles. The molecule has 0 unspecified atom stereocenters. The molecule has 1 heterocycles. The van der Waals surface area contributed by atoms with E-state index in [-0.39, 0.29) is 22.1 Å². The lowest BCUT2D eigenvalue weighted by Crippen LogP contribution is -2.27. The highest BCUT2D eigenvalue weighted by molar-refractivity contribution is 8.18. The third-order valence-corrected chi connectivity index (χ3v) is 7.79. The summed E-state index contributed by atoms with van der Waals surface area (Å²) in [6, 6.07) is 15.1. The molecule has 2 amide bonds. The number of imide groups is 1. The fourth-order valence-electron chi connectivity index (χ4n) is 3.21. The Kier molecular flexibility index (Phi) is 7.36. The van der Waals surface area contributed by atoms with E-state index in [1.165, 1.54) is 36.4 Å². The van der Waals surface area contributed by atoms with Crippen LogP contribution < -0.4 is 4.18 Å². The van der Waals surface area contributed by atoms with Crippen LogP contribution in [0.3, 0.4) is 0 Å². The molecule has 1 fully saturated rings. The van der Waals surface area contributed by atoms with Gasteiger partial charge in [0.25, 0.3) is 16.8 Å². The van der Waals surface area contributed by atoms with E-state index in [1.807, 2.05) is 0 Å². The number of amides is 2. The highest BCUT2D eigenvalue weighted by Gasteiger charge is 2.35. The van der Waals surface area contributed by atoms with Crippen LogP contribution in [0.4, 0.5) is 10.5 Å². The van der Waals surface area contributed by atoms with E-state index in [2.05, 4.69) is 0 Å². The number of benzene rings is 3. The maximum atomic E-state index is 12.9. The van der Waals surface area contributed by atoms with Crippen LogP contribution in [-0.4, -0.2) is 29.4 Å². The second kappa shape index (κ2) is 10.3. The van der Waals surface area contributed by atoms with Gasteiger partial charge in [-0.25, -0.2) is 0 Å². The van der Waals surface area contributed by atoms with Crippen molar-refractivity contribution in [1.82, 2.24) is 4.90 Å². The quantitative estimate of drug-likeness (QED) is 0.150. The van der Waals surface area contributed by atoms with Crippen molar-refractivity contribution in [2.75, 3.05) is 0 Å². The van der Waals surface area contributed by atoms with Gasteiger partial charge in [0.2, 0.25) is 0 Å². The van der Waals surface area contributed by atoms with E-state index < -0.39 is 31.9 Å². The van der Waals surface area contributed by atoms with Crippen molar-refractivity contribution in [1.29, 1.82) is 0 Å². The second-order valence-electron chi connectivity index (χ2n) is 7.33. The molecule has 1 saturated heterocycles. The van der Waals surface area contributed by atoms with Crippen molar-refractivity contribution in [3.05, 3.63) is 103 Å². The number of carbonyl (C=O) groups excluding carboxylic acids is 2. The Hall–Kier alpha value is -3.38. The van der Waals surface area contributed by atoms with E-state index in [0.29, 0.717) is 21.2 Å². The minimum Gasteiger partial charge on any atom is -0.379 e. The van der Waals surface area contributed by atoms with Crippen LogP contribution in [-0.2, 0) is 21.5 Å². The third-order valence-electron chi connectivity index (χ3n) is 4.93. The third kappa shape index (κ3) is 5.54. The number of hydrogen-bond donors (Lipinski definition) is 0. The molecule has 0 radical (unpaired) electrons. The Balaban J connectivity index is 1.55. The molecule has 13 heteroatoms. The fourth-order valence-corrected chi connectivity index (χ4v) is 5.53. The first-order chi connectivity index (χ1) is 17.0. The summed E-state index contributed by atoms with van der Waals surface area (Å²) in [4.78, 5) is 36.3. The normalized spacial score (nSPS) is 14.9. The second-order valence-corrected chi connectivity index (χ2v) is 10.7. The van der Waals surface area contributed by atoms with Crippen molar-refractivity contribution in [2.45, 2.75) is 11.4 Å². The zero-order chi connectivity index (χ0) is 26.0. The lowest BCUT2D eigenvalue weighted by molar-refractivity contribution is -0.385. The van der Waals surface area contributed by atoms with E-state index in [0.717, 1.165) is 28.8 Å². The molecule has 0 aliphatic carbocycles. The summed E-state index contributed by atoms with van der Waals surface area (Å²) >= 11 is 13.0. The van der Waals surface area contributed by atoms with Crippen LogP contribution >= 0.6 is 35.0 Å². The number of carbonyl (C=O) groups is 2. The summed E-state index contributed by atoms with van der Waals surface area (Å²) in [5, 5.41) is 11.1. The number of thioether (sulfide) groups is 1. The summed E-state index contributed by atoms with van der Waals surface area (Å²) in [5.41, 5.74) is 0.427. The van der Waals surface area contributed by atoms with Gasteiger partial charge >= 0.3 is 10.1 Å². The van der Waals surface area contributed by atoms with Gasteiger partial charge in [-0.15, -0.1) is 0 Å². The molecule has 4 rings (SSSR count). The minimum absolute atomic E-state index is 0.0858. The highest BCUT2D eigenvalue weighted by atomic mass is 35.5. The van der Waals surface area contributed by atoms with Gasteiger partial charge in [-0.1, -0.05) is 47.5 Å². The Labute approximate surface area is 219 Å². The first-order valence-electron chi connectivity index (χ1n) is 10.0. The first kappa shape index (κ1) is 25.7. The van der Waals surface area contributed by atoms with Gasteiger partial charge < -0.3 is 4.18 Å². The molecule has 36 heavy (non-hydrogen) atoms. The molecular formula is C23H14Cl2N2O7S2. The molecule has 0 N–H and O–H groups in total. The van der Waals surface area contributed by atoms with Crippen molar-refractivity contribution in [2.24, 2.45) is 0 Å². The number of halogens is 2. The van der Waals surface area contributed by atoms with Crippen LogP contribution in [0.2, 0.25) is 10.0 Å². The molecule has 1 aliphatic rings. The lowest BCUT2D eigenvalue weighted by Gasteiger charge is -2.14. The molecule has 0 aromatic heterocycles. The van der Waals surface area contributed by atoms with Gasteiger partial charge in [0.05, 0.1) is 16.4 Å². The highest BCUT2D eigenvalue weighted by Crippen LogP contribution is 2.36. The van der Waals surface area contributed by atoms with Gasteiger partial charge in [0.15, 0.2) is 0 Å². The van der Waals surface area contributed by atoms with Gasteiger partial charge in [-0.3, -0.25) is 24.6 Å². The molecule has 1 aliphatic heterocycles. The monoisotopic (exact) mass is 564 g/mol. The molecule has 3 aromatic rings. The summed E-state index contributed by atoms with van der Waals surface area (Å²) in [6.07, 6.45) is 1.42. The largest absolute Gasteiger partial charge is 0.379 e. The van der Waals surface area contributed by atoms with Crippen LogP contribution in [0.1, 0.15) is 11.1 Å². The number of nitrogens with zero attached hydrogens (tertiary/aromatic N) is 2. The summed E-state index contributed by atoms with van der Waals surface area (Å²) in [7, 11) is -4.37. The predicted octanol–water partition coefficient (Wildman–Crippen LogP) is 5.91. The van der Waals surface area contributed by atoms with Crippen molar-refractivity contribution in [3.63, 3.8) is 0 Å². The van der Waals surface area contributed by atoms with Gasteiger partial charge in [-0.05, 0) is 53.7 Å². The standard InChI is InChI=1S/C23H14Cl2N2O7S2/c24-19-8-3-9-20(25)18(19)13-26-22(28)21(35-23(26)29)11-14-4-1-6-16(10-14)34-36(32,33)17-7-2-5-15(12-17)27(30)31/h1-12H,13H2/b21-11-. The molecular weight excluding hydrogens is 551 g/mol. The van der Waals surface area contributed by atoms with Crippen LogP contribution in [0.15, 0.2) is 76.5 Å². The Morgan fingerprint density at radius 3 is 2.36 bits per heavy atom. The molecule has 3 aromatic carbocycles. The lowest BCUT2D eigenvalue weighted by atomic mass is 10.2.